The molecule has 116 valence electrons. The van der Waals surface area contributed by atoms with Gasteiger partial charge in [-0.05, 0) is 11.6 Å². The molecule has 2 rings (SSSR count). The molecule has 0 bridgehead atoms. The summed E-state index contributed by atoms with van der Waals surface area (Å²) in [5.74, 6) is -1.57. The van der Waals surface area contributed by atoms with Crippen molar-refractivity contribution in [2.75, 3.05) is 0 Å². The van der Waals surface area contributed by atoms with Gasteiger partial charge in [0.05, 0.1) is 18.1 Å². The third kappa shape index (κ3) is 4.05. The quantitative estimate of drug-likeness (QED) is 0.934. The van der Waals surface area contributed by atoms with Crippen LogP contribution in [0.2, 0.25) is 0 Å². The Morgan fingerprint density at radius 2 is 2.14 bits per heavy atom. The molecule has 0 radical (unpaired) electrons. The number of aromatic nitrogens is 3. The van der Waals surface area contributed by atoms with Crippen molar-refractivity contribution < 1.29 is 18.0 Å². The SMILES string of the molecule is Cl.N#CC(C(=O)Cc1ncn[nH]1)c1cccc(C(F)(F)F)c1. The number of Topliss-reactive ketones (excluding diaryl/α,β-unsaturated/α-hetero) is 1. The van der Waals surface area contributed by atoms with E-state index in [-0.39, 0.29) is 30.2 Å². The van der Waals surface area contributed by atoms with Crippen LogP contribution in [0.3, 0.4) is 0 Å². The summed E-state index contributed by atoms with van der Waals surface area (Å²) in [7, 11) is 0. The van der Waals surface area contributed by atoms with Gasteiger partial charge in [-0.1, -0.05) is 18.2 Å². The molecule has 9 heteroatoms. The molecule has 1 N–H and O–H groups in total. The number of nitrogens with one attached hydrogen (secondary N) is 1. The number of nitrogens with zero attached hydrogens (tertiary/aromatic N) is 3. The Balaban J connectivity index is 0.00000242. The van der Waals surface area contributed by atoms with E-state index in [9.17, 15) is 18.0 Å². The molecule has 2 aromatic rings. The van der Waals surface area contributed by atoms with Crippen LogP contribution in [-0.4, -0.2) is 21.0 Å². The molecule has 0 amide bonds. The maximum Gasteiger partial charge on any atom is 0.416 e. The van der Waals surface area contributed by atoms with E-state index >= 15 is 0 Å². The molecule has 0 saturated carbocycles. The third-order valence-corrected chi connectivity index (χ3v) is 2.80. The molecule has 0 aliphatic rings. The number of nitriles is 1. The molecule has 1 aromatic heterocycles. The molecule has 1 heterocycles. The molecule has 0 saturated heterocycles. The smallest absolute Gasteiger partial charge is 0.297 e. The summed E-state index contributed by atoms with van der Waals surface area (Å²) in [6, 6.07) is 5.92. The number of benzene rings is 1. The third-order valence-electron chi connectivity index (χ3n) is 2.80. The normalized spacial score (nSPS) is 12.1. The molecule has 0 aliphatic heterocycles. The largest absolute Gasteiger partial charge is 0.416 e. The molecule has 0 spiro atoms. The lowest BCUT2D eigenvalue weighted by molar-refractivity contribution is -0.137. The van der Waals surface area contributed by atoms with Crippen LogP contribution in [0.5, 0.6) is 0 Å². The Kier molecular flexibility index (Phi) is 5.65. The topological polar surface area (TPSA) is 82.4 Å². The van der Waals surface area contributed by atoms with Crippen molar-refractivity contribution in [3.63, 3.8) is 0 Å². The van der Waals surface area contributed by atoms with Gasteiger partial charge in [0.25, 0.3) is 0 Å². The lowest BCUT2D eigenvalue weighted by atomic mass is 9.93. The van der Waals surface area contributed by atoms with Gasteiger partial charge in [0, 0.05) is 0 Å². The predicted octanol–water partition coefficient (Wildman–Crippen LogP) is 2.66. The first-order valence-electron chi connectivity index (χ1n) is 5.85. The number of hydrogen-bond acceptors (Lipinski definition) is 4. The highest BCUT2D eigenvalue weighted by Gasteiger charge is 2.32. The minimum Gasteiger partial charge on any atom is -0.297 e. The fourth-order valence-corrected chi connectivity index (χ4v) is 1.81. The average Bonchev–Trinajstić information content (AvgIpc) is 2.92. The lowest BCUT2D eigenvalue weighted by Crippen LogP contribution is -2.15. The first kappa shape index (κ1) is 17.7. The molecule has 22 heavy (non-hydrogen) atoms. The minimum absolute atomic E-state index is 0. The second-order valence-corrected chi connectivity index (χ2v) is 4.26. The molecule has 5 nitrogen and oxygen atoms in total. The van der Waals surface area contributed by atoms with E-state index in [0.29, 0.717) is 0 Å². The Bertz CT molecular complexity index is 679. The van der Waals surface area contributed by atoms with Gasteiger partial charge in [-0.15, -0.1) is 12.4 Å². The van der Waals surface area contributed by atoms with E-state index in [1.165, 1.54) is 18.5 Å². The van der Waals surface area contributed by atoms with Crippen LogP contribution in [0.25, 0.3) is 0 Å². The van der Waals surface area contributed by atoms with Crippen molar-refractivity contribution in [3.05, 3.63) is 47.5 Å². The second-order valence-electron chi connectivity index (χ2n) is 4.26. The number of aromatic amines is 1. The zero-order valence-electron chi connectivity index (χ0n) is 11.0. The summed E-state index contributed by atoms with van der Waals surface area (Å²) < 4.78 is 38.0. The van der Waals surface area contributed by atoms with Gasteiger partial charge in [0.2, 0.25) is 0 Å². The van der Waals surface area contributed by atoms with Gasteiger partial charge >= 0.3 is 6.18 Å². The zero-order chi connectivity index (χ0) is 15.5. The van der Waals surface area contributed by atoms with E-state index in [0.717, 1.165) is 12.1 Å². The standard InChI is InChI=1S/C13H9F3N4O.ClH/c14-13(15,16)9-3-1-2-8(4-9)10(6-17)11(21)5-12-18-7-19-20-12;/h1-4,7,10H,5H2,(H,18,19,20);1H. The maximum atomic E-state index is 12.7. The predicted molar refractivity (Wildman–Crippen MR) is 72.1 cm³/mol. The molecule has 0 aliphatic carbocycles. The monoisotopic (exact) mass is 330 g/mol. The van der Waals surface area contributed by atoms with Crippen LogP contribution in [-0.2, 0) is 17.4 Å². The molecule has 1 unspecified atom stereocenters. The van der Waals surface area contributed by atoms with Crippen molar-refractivity contribution in [1.29, 1.82) is 5.26 Å². The number of H-pyrrole nitrogens is 1. The number of ketones is 1. The maximum absolute atomic E-state index is 12.7. The molecular formula is C13H10ClF3N4O. The fourth-order valence-electron chi connectivity index (χ4n) is 1.81. The summed E-state index contributed by atoms with van der Waals surface area (Å²) in [6.45, 7) is 0. The molecule has 1 atom stereocenters. The van der Waals surface area contributed by atoms with Gasteiger partial charge in [-0.25, -0.2) is 4.98 Å². The van der Waals surface area contributed by atoms with Crippen molar-refractivity contribution in [1.82, 2.24) is 15.2 Å². The summed E-state index contributed by atoms with van der Waals surface area (Å²) in [5.41, 5.74) is -0.885. The number of halogens is 4. The highest BCUT2D eigenvalue weighted by atomic mass is 35.5. The van der Waals surface area contributed by atoms with Crippen molar-refractivity contribution in [2.45, 2.75) is 18.5 Å². The minimum atomic E-state index is -4.52. The molecule has 1 aromatic carbocycles. The first-order valence-corrected chi connectivity index (χ1v) is 5.85. The second kappa shape index (κ2) is 7.04. The summed E-state index contributed by atoms with van der Waals surface area (Å²) in [5, 5.41) is 15.1. The van der Waals surface area contributed by atoms with Crippen molar-refractivity contribution in [2.24, 2.45) is 0 Å². The van der Waals surface area contributed by atoms with Crippen molar-refractivity contribution >= 4 is 18.2 Å². The highest BCUT2D eigenvalue weighted by molar-refractivity contribution is 5.89. The Morgan fingerprint density at radius 1 is 1.41 bits per heavy atom. The van der Waals surface area contributed by atoms with Gasteiger partial charge < -0.3 is 0 Å². The van der Waals surface area contributed by atoms with Crippen LogP contribution >= 0.6 is 12.4 Å². The number of carbonyl (C=O) groups is 1. The van der Waals surface area contributed by atoms with Crippen LogP contribution in [0.4, 0.5) is 13.2 Å². The van der Waals surface area contributed by atoms with E-state index < -0.39 is 23.4 Å². The number of hydrogen-bond donors (Lipinski definition) is 1. The van der Waals surface area contributed by atoms with Gasteiger partial charge in [0.1, 0.15) is 18.1 Å². The van der Waals surface area contributed by atoms with Crippen LogP contribution in [0.15, 0.2) is 30.6 Å². The Morgan fingerprint density at radius 3 is 2.68 bits per heavy atom. The Labute approximate surface area is 129 Å². The van der Waals surface area contributed by atoms with Gasteiger partial charge in [-0.2, -0.15) is 23.5 Å². The average molecular weight is 331 g/mol. The van der Waals surface area contributed by atoms with Gasteiger partial charge in [0.15, 0.2) is 5.78 Å². The molecular weight excluding hydrogens is 321 g/mol. The summed E-state index contributed by atoms with van der Waals surface area (Å²) in [4.78, 5) is 15.8. The number of carbonyl (C=O) groups excluding carboxylic acids is 1. The van der Waals surface area contributed by atoms with Crippen LogP contribution in [0, 0.1) is 11.3 Å². The van der Waals surface area contributed by atoms with E-state index in [4.69, 9.17) is 5.26 Å². The fraction of sp³-hybridized carbons (Fsp3) is 0.231. The summed E-state index contributed by atoms with van der Waals surface area (Å²) in [6.07, 6.45) is -3.52. The highest BCUT2D eigenvalue weighted by Crippen LogP contribution is 2.31. The Hall–Kier alpha value is -2.40. The first-order chi connectivity index (χ1) is 9.91. The van der Waals surface area contributed by atoms with Crippen molar-refractivity contribution in [3.8, 4) is 6.07 Å². The number of rotatable bonds is 4. The molecule has 0 fully saturated rings. The summed E-state index contributed by atoms with van der Waals surface area (Å²) >= 11 is 0. The van der Waals surface area contributed by atoms with E-state index in [1.807, 2.05) is 0 Å². The van der Waals surface area contributed by atoms with Crippen LogP contribution in [0.1, 0.15) is 22.9 Å². The zero-order valence-corrected chi connectivity index (χ0v) is 11.8. The lowest BCUT2D eigenvalue weighted by Gasteiger charge is -2.11. The van der Waals surface area contributed by atoms with E-state index in [1.54, 1.807) is 6.07 Å². The van der Waals surface area contributed by atoms with Gasteiger partial charge in [-0.3, -0.25) is 9.89 Å². The van der Waals surface area contributed by atoms with Crippen LogP contribution < -0.4 is 0 Å². The number of alkyl halides is 3. The van der Waals surface area contributed by atoms with E-state index in [2.05, 4.69) is 15.2 Å².